The molecular formula is C21H30IN5O2. The standard InChI is InChI=1S/C21H29N5O2.HI/c1-16-13-19(24-28-16)15-25-8-10-26(11-9-25)21(22-2)23-7-5-17-3-4-20-18(14-17)6-12-27-20;/h3-4,13-14H,5-12,15H2,1-2H3,(H,22,23);1H. The lowest BCUT2D eigenvalue weighted by Gasteiger charge is -2.36. The first-order valence-corrected chi connectivity index (χ1v) is 10.1. The number of benzene rings is 1. The summed E-state index contributed by atoms with van der Waals surface area (Å²) in [6, 6.07) is 8.55. The van der Waals surface area contributed by atoms with Crippen LogP contribution in [-0.2, 0) is 19.4 Å². The maximum Gasteiger partial charge on any atom is 0.193 e. The number of fused-ring (bicyclic) bond motifs is 1. The number of aromatic nitrogens is 1. The zero-order valence-electron chi connectivity index (χ0n) is 17.2. The average molecular weight is 511 g/mol. The zero-order chi connectivity index (χ0) is 19.3. The van der Waals surface area contributed by atoms with Crippen molar-refractivity contribution in [1.82, 2.24) is 20.3 Å². The average Bonchev–Trinajstić information content (AvgIpc) is 3.34. The first-order chi connectivity index (χ1) is 13.7. The summed E-state index contributed by atoms with van der Waals surface area (Å²) in [5, 5.41) is 7.62. The van der Waals surface area contributed by atoms with Gasteiger partial charge in [-0.2, -0.15) is 0 Å². The minimum absolute atomic E-state index is 0. The lowest BCUT2D eigenvalue weighted by atomic mass is 10.1. The summed E-state index contributed by atoms with van der Waals surface area (Å²) in [6.45, 7) is 8.39. The number of aliphatic imine (C=N–C) groups is 1. The molecule has 29 heavy (non-hydrogen) atoms. The number of hydrogen-bond donors (Lipinski definition) is 1. The van der Waals surface area contributed by atoms with E-state index in [1.54, 1.807) is 0 Å². The first-order valence-electron chi connectivity index (χ1n) is 10.1. The van der Waals surface area contributed by atoms with Crippen molar-refractivity contribution < 1.29 is 9.26 Å². The minimum atomic E-state index is 0. The molecule has 3 heterocycles. The summed E-state index contributed by atoms with van der Waals surface area (Å²) < 4.78 is 10.8. The van der Waals surface area contributed by atoms with Crippen LogP contribution in [-0.4, -0.2) is 67.3 Å². The molecule has 7 nitrogen and oxygen atoms in total. The van der Waals surface area contributed by atoms with Crippen LogP contribution in [0.2, 0.25) is 0 Å². The largest absolute Gasteiger partial charge is 0.493 e. The van der Waals surface area contributed by atoms with Gasteiger partial charge in [-0.05, 0) is 30.5 Å². The van der Waals surface area contributed by atoms with E-state index < -0.39 is 0 Å². The molecule has 158 valence electrons. The number of guanidine groups is 1. The van der Waals surface area contributed by atoms with Crippen LogP contribution in [0.5, 0.6) is 5.75 Å². The molecule has 1 saturated heterocycles. The molecule has 1 N–H and O–H groups in total. The van der Waals surface area contributed by atoms with E-state index in [1.807, 2.05) is 20.0 Å². The van der Waals surface area contributed by atoms with Crippen molar-refractivity contribution in [3.05, 3.63) is 46.8 Å². The van der Waals surface area contributed by atoms with Crippen molar-refractivity contribution in [2.24, 2.45) is 4.99 Å². The number of halogens is 1. The molecule has 1 aromatic carbocycles. The molecule has 4 rings (SSSR count). The number of aryl methyl sites for hydroxylation is 1. The zero-order valence-corrected chi connectivity index (χ0v) is 19.5. The molecule has 0 atom stereocenters. The van der Waals surface area contributed by atoms with Crippen LogP contribution in [0.3, 0.4) is 0 Å². The molecule has 0 spiro atoms. The van der Waals surface area contributed by atoms with Gasteiger partial charge in [-0.25, -0.2) is 0 Å². The quantitative estimate of drug-likeness (QED) is 0.378. The van der Waals surface area contributed by atoms with Crippen molar-refractivity contribution >= 4 is 29.9 Å². The van der Waals surface area contributed by atoms with Gasteiger partial charge in [0.25, 0.3) is 0 Å². The maximum absolute atomic E-state index is 5.59. The van der Waals surface area contributed by atoms with Crippen LogP contribution < -0.4 is 10.1 Å². The lowest BCUT2D eigenvalue weighted by molar-refractivity contribution is 0.169. The van der Waals surface area contributed by atoms with Gasteiger partial charge in [0.2, 0.25) is 0 Å². The lowest BCUT2D eigenvalue weighted by Crippen LogP contribution is -2.52. The number of nitrogens with one attached hydrogen (secondary N) is 1. The Balaban J connectivity index is 0.00000240. The van der Waals surface area contributed by atoms with E-state index in [1.165, 1.54) is 11.1 Å². The van der Waals surface area contributed by atoms with E-state index in [2.05, 4.69) is 43.5 Å². The van der Waals surface area contributed by atoms with Gasteiger partial charge < -0.3 is 19.5 Å². The van der Waals surface area contributed by atoms with Gasteiger partial charge in [0.1, 0.15) is 11.5 Å². The van der Waals surface area contributed by atoms with E-state index in [-0.39, 0.29) is 24.0 Å². The summed E-state index contributed by atoms with van der Waals surface area (Å²) in [6.07, 6.45) is 2.01. The summed E-state index contributed by atoms with van der Waals surface area (Å²) >= 11 is 0. The maximum atomic E-state index is 5.59. The highest BCUT2D eigenvalue weighted by atomic mass is 127. The Hall–Kier alpha value is -1.81. The molecule has 2 aromatic rings. The van der Waals surface area contributed by atoms with Crippen LogP contribution in [0.15, 0.2) is 33.8 Å². The highest BCUT2D eigenvalue weighted by molar-refractivity contribution is 14.0. The van der Waals surface area contributed by atoms with Crippen LogP contribution in [0.25, 0.3) is 0 Å². The second-order valence-electron chi connectivity index (χ2n) is 7.46. The summed E-state index contributed by atoms with van der Waals surface area (Å²) in [5.74, 6) is 2.90. The smallest absolute Gasteiger partial charge is 0.193 e. The third-order valence-corrected chi connectivity index (χ3v) is 5.40. The molecule has 0 radical (unpaired) electrons. The van der Waals surface area contributed by atoms with Gasteiger partial charge in [-0.3, -0.25) is 9.89 Å². The van der Waals surface area contributed by atoms with Gasteiger partial charge in [0.05, 0.1) is 12.3 Å². The second kappa shape index (κ2) is 10.3. The fourth-order valence-corrected chi connectivity index (χ4v) is 3.89. The molecule has 8 heteroatoms. The Morgan fingerprint density at radius 2 is 2.03 bits per heavy atom. The third-order valence-electron chi connectivity index (χ3n) is 5.40. The molecule has 2 aliphatic rings. The molecule has 0 unspecified atom stereocenters. The van der Waals surface area contributed by atoms with Crippen LogP contribution in [0.4, 0.5) is 0 Å². The molecule has 0 bridgehead atoms. The number of hydrogen-bond acceptors (Lipinski definition) is 5. The molecule has 2 aliphatic heterocycles. The fourth-order valence-electron chi connectivity index (χ4n) is 3.89. The van der Waals surface area contributed by atoms with Crippen molar-refractivity contribution in [2.75, 3.05) is 46.4 Å². The van der Waals surface area contributed by atoms with E-state index in [9.17, 15) is 0 Å². The van der Waals surface area contributed by atoms with Crippen LogP contribution in [0, 0.1) is 6.92 Å². The molecule has 1 aromatic heterocycles. The molecular weight excluding hydrogens is 481 g/mol. The van der Waals surface area contributed by atoms with E-state index in [0.29, 0.717) is 0 Å². The Morgan fingerprint density at radius 3 is 2.76 bits per heavy atom. The third kappa shape index (κ3) is 5.63. The Kier molecular flexibility index (Phi) is 7.77. The van der Waals surface area contributed by atoms with Gasteiger partial charge in [0.15, 0.2) is 5.96 Å². The van der Waals surface area contributed by atoms with E-state index >= 15 is 0 Å². The second-order valence-corrected chi connectivity index (χ2v) is 7.46. The Morgan fingerprint density at radius 1 is 1.21 bits per heavy atom. The van der Waals surface area contributed by atoms with Crippen molar-refractivity contribution in [2.45, 2.75) is 26.3 Å². The molecule has 0 saturated carbocycles. The Labute approximate surface area is 189 Å². The summed E-state index contributed by atoms with van der Waals surface area (Å²) in [7, 11) is 1.86. The van der Waals surface area contributed by atoms with Crippen LogP contribution >= 0.6 is 24.0 Å². The van der Waals surface area contributed by atoms with Gasteiger partial charge >= 0.3 is 0 Å². The number of ether oxygens (including phenoxy) is 1. The van der Waals surface area contributed by atoms with Crippen molar-refractivity contribution in [3.8, 4) is 5.75 Å². The predicted octanol–water partition coefficient (Wildman–Crippen LogP) is 2.47. The predicted molar refractivity (Wildman–Crippen MR) is 124 cm³/mol. The van der Waals surface area contributed by atoms with E-state index in [0.717, 1.165) is 81.9 Å². The summed E-state index contributed by atoms with van der Waals surface area (Å²) in [4.78, 5) is 9.22. The number of piperazine rings is 1. The number of nitrogens with zero attached hydrogens (tertiary/aromatic N) is 4. The Bertz CT molecular complexity index is 830. The monoisotopic (exact) mass is 511 g/mol. The minimum Gasteiger partial charge on any atom is -0.493 e. The van der Waals surface area contributed by atoms with E-state index in [4.69, 9.17) is 9.26 Å². The van der Waals surface area contributed by atoms with Crippen LogP contribution in [0.1, 0.15) is 22.6 Å². The normalized spacial score (nSPS) is 16.9. The molecule has 0 aliphatic carbocycles. The van der Waals surface area contributed by atoms with Gasteiger partial charge in [-0.15, -0.1) is 24.0 Å². The van der Waals surface area contributed by atoms with Gasteiger partial charge in [-0.1, -0.05) is 17.3 Å². The first kappa shape index (κ1) is 21.9. The summed E-state index contributed by atoms with van der Waals surface area (Å²) in [5.41, 5.74) is 3.69. The number of rotatable bonds is 5. The highest BCUT2D eigenvalue weighted by Crippen LogP contribution is 2.25. The molecule has 1 fully saturated rings. The SMILES string of the molecule is CN=C(NCCc1ccc2c(c1)CCO2)N1CCN(Cc2cc(C)on2)CC1.I. The highest BCUT2D eigenvalue weighted by Gasteiger charge is 2.20. The molecule has 0 amide bonds. The van der Waals surface area contributed by atoms with Crippen molar-refractivity contribution in [3.63, 3.8) is 0 Å². The fraction of sp³-hybridized carbons (Fsp3) is 0.524. The topological polar surface area (TPSA) is 66.1 Å². The van der Waals surface area contributed by atoms with Gasteiger partial charge in [0, 0.05) is 58.8 Å². The van der Waals surface area contributed by atoms with Crippen molar-refractivity contribution in [1.29, 1.82) is 0 Å².